The third kappa shape index (κ3) is 3.65. The summed E-state index contributed by atoms with van der Waals surface area (Å²) in [7, 11) is 1.95. The summed E-state index contributed by atoms with van der Waals surface area (Å²) in [6.45, 7) is 3.76. The van der Waals surface area contributed by atoms with Crippen molar-refractivity contribution < 1.29 is 0 Å². The van der Waals surface area contributed by atoms with Crippen molar-refractivity contribution in [1.29, 1.82) is 0 Å². The summed E-state index contributed by atoms with van der Waals surface area (Å²) in [6, 6.07) is 6.55. The van der Waals surface area contributed by atoms with Crippen LogP contribution in [0.15, 0.2) is 18.2 Å². The molecule has 0 radical (unpaired) electrons. The van der Waals surface area contributed by atoms with E-state index in [1.165, 1.54) is 18.4 Å². The third-order valence-corrected chi connectivity index (χ3v) is 4.01. The van der Waals surface area contributed by atoms with E-state index in [1.807, 2.05) is 13.1 Å². The Kier molecular flexibility index (Phi) is 4.74. The maximum atomic E-state index is 6.43. The van der Waals surface area contributed by atoms with Gasteiger partial charge in [0.25, 0.3) is 0 Å². The molecule has 1 fully saturated rings. The van der Waals surface area contributed by atoms with Crippen molar-refractivity contribution in [1.82, 2.24) is 5.32 Å². The molecule has 0 aliphatic heterocycles. The number of benzene rings is 1. The number of hydrogen-bond donors (Lipinski definition) is 1. The van der Waals surface area contributed by atoms with Crippen molar-refractivity contribution in [3.8, 4) is 12.3 Å². The van der Waals surface area contributed by atoms with Crippen LogP contribution in [-0.4, -0.2) is 20.1 Å². The summed E-state index contributed by atoms with van der Waals surface area (Å²) in [5.41, 5.74) is 2.25. The monoisotopic (exact) mass is 276 g/mol. The Morgan fingerprint density at radius 1 is 1.53 bits per heavy atom. The van der Waals surface area contributed by atoms with Crippen LogP contribution in [0.5, 0.6) is 0 Å². The van der Waals surface area contributed by atoms with E-state index < -0.39 is 0 Å². The van der Waals surface area contributed by atoms with Gasteiger partial charge in [0, 0.05) is 12.6 Å². The highest BCUT2D eigenvalue weighted by atomic mass is 35.5. The average molecular weight is 277 g/mol. The molecule has 0 aromatic heterocycles. The molecule has 1 unspecified atom stereocenters. The molecule has 1 aliphatic rings. The quantitative estimate of drug-likeness (QED) is 0.801. The molecule has 0 saturated heterocycles. The van der Waals surface area contributed by atoms with Crippen molar-refractivity contribution in [2.75, 3.05) is 25.0 Å². The van der Waals surface area contributed by atoms with Gasteiger partial charge in [0.05, 0.1) is 17.3 Å². The average Bonchev–Trinajstić information content (AvgIpc) is 3.21. The molecule has 2 nitrogen and oxygen atoms in total. The van der Waals surface area contributed by atoms with Crippen molar-refractivity contribution in [3.05, 3.63) is 28.8 Å². The molecule has 2 rings (SSSR count). The second kappa shape index (κ2) is 6.32. The van der Waals surface area contributed by atoms with E-state index in [1.54, 1.807) is 0 Å². The number of rotatable bonds is 6. The van der Waals surface area contributed by atoms with E-state index in [2.05, 4.69) is 35.2 Å². The van der Waals surface area contributed by atoms with Gasteiger partial charge in [-0.1, -0.05) is 23.6 Å². The first-order valence-electron chi connectivity index (χ1n) is 6.80. The lowest BCUT2D eigenvalue weighted by atomic mass is 10.1. The van der Waals surface area contributed by atoms with E-state index in [9.17, 15) is 0 Å². The maximum absolute atomic E-state index is 6.43. The Morgan fingerprint density at radius 2 is 2.26 bits per heavy atom. The lowest BCUT2D eigenvalue weighted by Crippen LogP contribution is -2.26. The van der Waals surface area contributed by atoms with Crippen LogP contribution < -0.4 is 10.2 Å². The SMILES string of the molecule is C#CCN(CC1CC1)c1ccc(C(C)NC)cc1Cl. The summed E-state index contributed by atoms with van der Waals surface area (Å²) < 4.78 is 0. The van der Waals surface area contributed by atoms with Gasteiger partial charge in [0.1, 0.15) is 0 Å². The second-order valence-corrected chi connectivity index (χ2v) is 5.66. The standard InChI is InChI=1S/C16H21ClN2/c1-4-9-19(11-13-5-6-13)16-8-7-14(10-15(16)17)12(2)18-3/h1,7-8,10,12-13,18H,5-6,9,11H2,2-3H3. The number of hydrogen-bond acceptors (Lipinski definition) is 2. The summed E-state index contributed by atoms with van der Waals surface area (Å²) in [5.74, 6) is 3.52. The third-order valence-electron chi connectivity index (χ3n) is 3.70. The molecule has 102 valence electrons. The molecule has 1 atom stereocenters. The smallest absolute Gasteiger partial charge is 0.0792 e. The highest BCUT2D eigenvalue weighted by Gasteiger charge is 2.25. The predicted octanol–water partition coefficient (Wildman–Crippen LogP) is 3.47. The van der Waals surface area contributed by atoms with Gasteiger partial charge in [-0.25, -0.2) is 0 Å². The molecular formula is C16H21ClN2. The molecule has 1 saturated carbocycles. The van der Waals surface area contributed by atoms with Crippen LogP contribution >= 0.6 is 11.6 Å². The van der Waals surface area contributed by atoms with Gasteiger partial charge in [-0.2, -0.15) is 0 Å². The topological polar surface area (TPSA) is 15.3 Å². The van der Waals surface area contributed by atoms with Crippen LogP contribution in [0.25, 0.3) is 0 Å². The van der Waals surface area contributed by atoms with Crippen molar-refractivity contribution in [2.24, 2.45) is 5.92 Å². The molecule has 1 N–H and O–H groups in total. The predicted molar refractivity (Wildman–Crippen MR) is 82.7 cm³/mol. The van der Waals surface area contributed by atoms with Gasteiger partial charge >= 0.3 is 0 Å². The van der Waals surface area contributed by atoms with Crippen molar-refractivity contribution >= 4 is 17.3 Å². The lowest BCUT2D eigenvalue weighted by molar-refractivity contribution is 0.652. The molecule has 1 aliphatic carbocycles. The van der Waals surface area contributed by atoms with E-state index in [4.69, 9.17) is 18.0 Å². The Labute approximate surface area is 121 Å². The van der Waals surface area contributed by atoms with Gasteiger partial charge in [0.15, 0.2) is 0 Å². The zero-order valence-electron chi connectivity index (χ0n) is 11.6. The molecule has 1 aromatic rings. The molecule has 0 amide bonds. The van der Waals surface area contributed by atoms with Crippen molar-refractivity contribution in [3.63, 3.8) is 0 Å². The van der Waals surface area contributed by atoms with E-state index >= 15 is 0 Å². The Morgan fingerprint density at radius 3 is 2.79 bits per heavy atom. The van der Waals surface area contributed by atoms with Crippen LogP contribution in [0.1, 0.15) is 31.4 Å². The highest BCUT2D eigenvalue weighted by molar-refractivity contribution is 6.33. The first-order valence-corrected chi connectivity index (χ1v) is 7.18. The second-order valence-electron chi connectivity index (χ2n) is 5.25. The molecule has 0 bridgehead atoms. The van der Waals surface area contributed by atoms with Gasteiger partial charge in [-0.05, 0) is 50.4 Å². The summed E-state index contributed by atoms with van der Waals surface area (Å²) in [6.07, 6.45) is 8.09. The summed E-state index contributed by atoms with van der Waals surface area (Å²) in [4.78, 5) is 2.22. The zero-order valence-corrected chi connectivity index (χ0v) is 12.4. The van der Waals surface area contributed by atoms with Crippen LogP contribution in [-0.2, 0) is 0 Å². The molecule has 1 aromatic carbocycles. The van der Waals surface area contributed by atoms with Crippen LogP contribution in [0, 0.1) is 18.3 Å². The Balaban J connectivity index is 2.19. The number of nitrogens with zero attached hydrogens (tertiary/aromatic N) is 1. The van der Waals surface area contributed by atoms with Gasteiger partial charge in [-0.15, -0.1) is 6.42 Å². The minimum absolute atomic E-state index is 0.302. The minimum Gasteiger partial charge on any atom is -0.359 e. The molecule has 3 heteroatoms. The van der Waals surface area contributed by atoms with Crippen LogP contribution in [0.2, 0.25) is 5.02 Å². The number of terminal acetylenes is 1. The first kappa shape index (κ1) is 14.2. The molecule has 19 heavy (non-hydrogen) atoms. The Bertz CT molecular complexity index is 474. The Hall–Kier alpha value is -1.17. The highest BCUT2D eigenvalue weighted by Crippen LogP contribution is 2.34. The van der Waals surface area contributed by atoms with Gasteiger partial charge < -0.3 is 10.2 Å². The van der Waals surface area contributed by atoms with E-state index in [-0.39, 0.29) is 0 Å². The normalized spacial score (nSPS) is 15.9. The number of halogens is 1. The zero-order chi connectivity index (χ0) is 13.8. The summed E-state index contributed by atoms with van der Waals surface area (Å²) >= 11 is 6.43. The number of nitrogens with one attached hydrogen (secondary N) is 1. The largest absolute Gasteiger partial charge is 0.359 e. The molecular weight excluding hydrogens is 256 g/mol. The van der Waals surface area contributed by atoms with E-state index in [0.717, 1.165) is 23.2 Å². The fraction of sp³-hybridized carbons (Fsp3) is 0.500. The number of anilines is 1. The fourth-order valence-corrected chi connectivity index (χ4v) is 2.49. The lowest BCUT2D eigenvalue weighted by Gasteiger charge is -2.24. The van der Waals surface area contributed by atoms with Crippen LogP contribution in [0.4, 0.5) is 5.69 Å². The maximum Gasteiger partial charge on any atom is 0.0792 e. The van der Waals surface area contributed by atoms with Crippen molar-refractivity contribution in [2.45, 2.75) is 25.8 Å². The summed E-state index contributed by atoms with van der Waals surface area (Å²) in [5, 5.41) is 4.01. The van der Waals surface area contributed by atoms with Gasteiger partial charge in [-0.3, -0.25) is 0 Å². The van der Waals surface area contributed by atoms with Gasteiger partial charge in [0.2, 0.25) is 0 Å². The van der Waals surface area contributed by atoms with Crippen LogP contribution in [0.3, 0.4) is 0 Å². The fourth-order valence-electron chi connectivity index (χ4n) is 2.19. The first-order chi connectivity index (χ1) is 9.15. The molecule has 0 heterocycles. The minimum atomic E-state index is 0.302. The molecule has 0 spiro atoms. The van der Waals surface area contributed by atoms with E-state index in [0.29, 0.717) is 12.6 Å².